The summed E-state index contributed by atoms with van der Waals surface area (Å²) in [7, 11) is 0. The number of aromatic nitrogens is 1. The summed E-state index contributed by atoms with van der Waals surface area (Å²) in [6.45, 7) is 0. The molecular weight excluding hydrogens is 547 g/mol. The molecule has 0 saturated heterocycles. The molecule has 9 aromatic rings. The standard InChI is InChI=1S/C38H25N3OS/c39-29-9-3-4-10-30(29)40-31-20-41-32-16-14-21(22-13-15-25-24-8-2-6-12-34(24)43-35(25)18-22)17-26(32)27-19-28-23-7-1-5-11-33(23)42-38(28)36(31)37(27)41/h1-20,29-30,40H,39H2. The van der Waals surface area contributed by atoms with Crippen molar-refractivity contribution in [1.29, 1.82) is 0 Å². The molecule has 1 aliphatic rings. The summed E-state index contributed by atoms with van der Waals surface area (Å²) in [6.07, 6.45) is 10.5. The number of furan rings is 1. The van der Waals surface area contributed by atoms with Crippen molar-refractivity contribution in [3.8, 4) is 11.1 Å². The Kier molecular flexibility index (Phi) is 4.63. The van der Waals surface area contributed by atoms with Crippen LogP contribution in [0, 0.1) is 0 Å². The summed E-state index contributed by atoms with van der Waals surface area (Å²) in [5.41, 5.74) is 14.1. The maximum atomic E-state index is 6.56. The van der Waals surface area contributed by atoms with Crippen LogP contribution in [0.1, 0.15) is 0 Å². The van der Waals surface area contributed by atoms with Crippen LogP contribution in [-0.4, -0.2) is 16.5 Å². The third-order valence-corrected chi connectivity index (χ3v) is 10.3. The van der Waals surface area contributed by atoms with Crippen LogP contribution in [-0.2, 0) is 0 Å². The number of anilines is 1. The number of nitrogens with two attached hydrogens (primary N) is 1. The third-order valence-electron chi connectivity index (χ3n) is 9.17. The molecule has 2 unspecified atom stereocenters. The molecule has 10 rings (SSSR count). The molecule has 1 aliphatic carbocycles. The highest BCUT2D eigenvalue weighted by Crippen LogP contribution is 2.46. The summed E-state index contributed by atoms with van der Waals surface area (Å²) in [4.78, 5) is 0. The van der Waals surface area contributed by atoms with Gasteiger partial charge in [-0.25, -0.2) is 0 Å². The Balaban J connectivity index is 1.23. The molecule has 5 aromatic carbocycles. The number of nitrogens with one attached hydrogen (secondary N) is 1. The first-order chi connectivity index (χ1) is 21.2. The van der Waals surface area contributed by atoms with Gasteiger partial charge < -0.3 is 19.9 Å². The number of thiophene rings is 1. The number of hydrogen-bond donors (Lipinski definition) is 2. The molecule has 3 N–H and O–H groups in total. The Hall–Kier alpha value is -5.10. The van der Waals surface area contributed by atoms with Crippen molar-refractivity contribution in [2.75, 3.05) is 5.32 Å². The van der Waals surface area contributed by atoms with Gasteiger partial charge in [0.05, 0.1) is 28.1 Å². The minimum Gasteiger partial charge on any atom is -0.455 e. The van der Waals surface area contributed by atoms with Crippen molar-refractivity contribution in [2.24, 2.45) is 5.73 Å². The lowest BCUT2D eigenvalue weighted by molar-refractivity contribution is 0.672. The number of para-hydroxylation sites is 1. The van der Waals surface area contributed by atoms with E-state index in [2.05, 4.69) is 113 Å². The number of benzene rings is 5. The molecule has 0 fully saturated rings. The maximum absolute atomic E-state index is 6.56. The summed E-state index contributed by atoms with van der Waals surface area (Å²) >= 11 is 1.86. The molecule has 4 nitrogen and oxygen atoms in total. The van der Waals surface area contributed by atoms with E-state index < -0.39 is 0 Å². The van der Waals surface area contributed by atoms with Gasteiger partial charge in [-0.2, -0.15) is 0 Å². The normalized spacial score (nSPS) is 17.2. The Bertz CT molecular complexity index is 2630. The summed E-state index contributed by atoms with van der Waals surface area (Å²) < 4.78 is 11.5. The van der Waals surface area contributed by atoms with Gasteiger partial charge in [0.1, 0.15) is 11.2 Å². The molecule has 4 aromatic heterocycles. The Labute approximate surface area is 250 Å². The quantitative estimate of drug-likeness (QED) is 0.222. The molecule has 4 heterocycles. The zero-order valence-electron chi connectivity index (χ0n) is 23.0. The molecule has 0 saturated carbocycles. The fraction of sp³-hybridized carbons (Fsp3) is 0.0526. The Morgan fingerprint density at radius 1 is 0.698 bits per heavy atom. The second-order valence-electron chi connectivity index (χ2n) is 11.6. The molecule has 0 spiro atoms. The van der Waals surface area contributed by atoms with Crippen LogP contribution < -0.4 is 11.1 Å². The zero-order chi connectivity index (χ0) is 28.2. The van der Waals surface area contributed by atoms with Gasteiger partial charge in [0.2, 0.25) is 0 Å². The lowest BCUT2D eigenvalue weighted by Gasteiger charge is -2.22. The van der Waals surface area contributed by atoms with Crippen molar-refractivity contribution in [3.63, 3.8) is 0 Å². The molecule has 0 bridgehead atoms. The average Bonchev–Trinajstić information content (AvgIpc) is 3.78. The van der Waals surface area contributed by atoms with E-state index in [4.69, 9.17) is 10.2 Å². The van der Waals surface area contributed by atoms with Crippen molar-refractivity contribution in [3.05, 3.63) is 121 Å². The first-order valence-corrected chi connectivity index (χ1v) is 15.5. The molecule has 0 amide bonds. The number of rotatable bonds is 3. The Morgan fingerprint density at radius 3 is 2.42 bits per heavy atom. The average molecular weight is 572 g/mol. The molecule has 5 heteroatoms. The van der Waals surface area contributed by atoms with Crippen molar-refractivity contribution >= 4 is 86.3 Å². The fourth-order valence-corrected chi connectivity index (χ4v) is 8.25. The van der Waals surface area contributed by atoms with Gasteiger partial charge in [-0.05, 0) is 47.5 Å². The monoisotopic (exact) mass is 571 g/mol. The maximum Gasteiger partial charge on any atom is 0.146 e. The van der Waals surface area contributed by atoms with Crippen LogP contribution in [0.4, 0.5) is 5.69 Å². The number of fused-ring (bicyclic) bond motifs is 10. The van der Waals surface area contributed by atoms with Crippen LogP contribution in [0.15, 0.2) is 126 Å². The minimum absolute atomic E-state index is 0.00257. The van der Waals surface area contributed by atoms with E-state index in [1.165, 1.54) is 53.1 Å². The number of hydrogen-bond acceptors (Lipinski definition) is 4. The smallest absolute Gasteiger partial charge is 0.146 e. The van der Waals surface area contributed by atoms with Crippen LogP contribution in [0.5, 0.6) is 0 Å². The summed E-state index contributed by atoms with van der Waals surface area (Å²) in [5, 5.41) is 12.2. The van der Waals surface area contributed by atoms with E-state index in [0.717, 1.165) is 33.0 Å². The predicted octanol–water partition coefficient (Wildman–Crippen LogP) is 9.85. The summed E-state index contributed by atoms with van der Waals surface area (Å²) in [6, 6.07) is 33.0. The van der Waals surface area contributed by atoms with Crippen LogP contribution in [0.2, 0.25) is 0 Å². The third kappa shape index (κ3) is 3.23. The van der Waals surface area contributed by atoms with E-state index in [-0.39, 0.29) is 12.1 Å². The number of nitrogens with zero attached hydrogens (tertiary/aromatic N) is 1. The van der Waals surface area contributed by atoms with Crippen molar-refractivity contribution < 1.29 is 4.42 Å². The van der Waals surface area contributed by atoms with Gasteiger partial charge in [0.15, 0.2) is 0 Å². The highest BCUT2D eigenvalue weighted by atomic mass is 32.1. The van der Waals surface area contributed by atoms with E-state index in [1.807, 2.05) is 29.6 Å². The van der Waals surface area contributed by atoms with Crippen molar-refractivity contribution in [2.45, 2.75) is 12.1 Å². The van der Waals surface area contributed by atoms with E-state index in [1.54, 1.807) is 0 Å². The molecule has 204 valence electrons. The second kappa shape index (κ2) is 8.48. The van der Waals surface area contributed by atoms with Crippen molar-refractivity contribution in [1.82, 2.24) is 4.40 Å². The van der Waals surface area contributed by atoms with Gasteiger partial charge in [-0.3, -0.25) is 0 Å². The lowest BCUT2D eigenvalue weighted by Crippen LogP contribution is -2.38. The summed E-state index contributed by atoms with van der Waals surface area (Å²) in [5.74, 6) is 0. The first kappa shape index (κ1) is 23.5. The molecule has 0 radical (unpaired) electrons. The minimum atomic E-state index is -0.103. The van der Waals surface area contributed by atoms with Crippen LogP contribution in [0.25, 0.3) is 80.4 Å². The van der Waals surface area contributed by atoms with Crippen LogP contribution >= 0.6 is 11.3 Å². The lowest BCUT2D eigenvalue weighted by atomic mass is 9.99. The second-order valence-corrected chi connectivity index (χ2v) is 12.7. The molecular formula is C38H25N3OS. The fourth-order valence-electron chi connectivity index (χ4n) is 7.11. The molecule has 0 aliphatic heterocycles. The van der Waals surface area contributed by atoms with E-state index in [0.29, 0.717) is 0 Å². The SMILES string of the molecule is NC1C=CC=CC1Nc1cn2c3ccc(-c4ccc5c(c4)sc4ccccc45)cc3c3cc4c5ccccc5oc4c1c32. The zero-order valence-corrected chi connectivity index (χ0v) is 23.9. The van der Waals surface area contributed by atoms with Gasteiger partial charge in [0, 0.05) is 54.0 Å². The highest BCUT2D eigenvalue weighted by molar-refractivity contribution is 7.25. The van der Waals surface area contributed by atoms with Gasteiger partial charge in [-0.15, -0.1) is 11.3 Å². The first-order valence-electron chi connectivity index (χ1n) is 14.6. The highest BCUT2D eigenvalue weighted by Gasteiger charge is 2.24. The number of allylic oxidation sites excluding steroid dienone is 2. The van der Waals surface area contributed by atoms with E-state index >= 15 is 0 Å². The van der Waals surface area contributed by atoms with Gasteiger partial charge >= 0.3 is 0 Å². The van der Waals surface area contributed by atoms with Crippen LogP contribution in [0.3, 0.4) is 0 Å². The molecule has 43 heavy (non-hydrogen) atoms. The predicted molar refractivity (Wildman–Crippen MR) is 183 cm³/mol. The largest absolute Gasteiger partial charge is 0.455 e. The van der Waals surface area contributed by atoms with E-state index in [9.17, 15) is 0 Å². The Morgan fingerprint density at radius 2 is 1.49 bits per heavy atom. The topological polar surface area (TPSA) is 55.6 Å². The van der Waals surface area contributed by atoms with Gasteiger partial charge in [0.25, 0.3) is 0 Å². The molecule has 2 atom stereocenters. The van der Waals surface area contributed by atoms with Gasteiger partial charge in [-0.1, -0.05) is 78.9 Å².